The van der Waals surface area contributed by atoms with E-state index in [0.717, 1.165) is 0 Å². The second kappa shape index (κ2) is 5.23. The normalized spacial score (nSPS) is 8.00. The van der Waals surface area contributed by atoms with Crippen LogP contribution in [0, 0.1) is 16.9 Å². The molecule has 5 heteroatoms. The highest BCUT2D eigenvalue weighted by molar-refractivity contribution is 5.82. The Morgan fingerprint density at radius 2 is 2.45 bits per heavy atom. The summed E-state index contributed by atoms with van der Waals surface area (Å²) in [4.78, 5) is 10.5. The van der Waals surface area contributed by atoms with Gasteiger partial charge in [0.25, 0.3) is 5.91 Å². The highest BCUT2D eigenvalue weighted by atomic mass is 16.5. The molecule has 0 saturated carbocycles. The highest BCUT2D eigenvalue weighted by Gasteiger charge is 2.00. The van der Waals surface area contributed by atoms with E-state index in [0.29, 0.717) is 6.42 Å². The molecule has 1 amide bonds. The van der Waals surface area contributed by atoms with Crippen molar-refractivity contribution in [3.8, 4) is 6.19 Å². The Hall–Kier alpha value is -1.57. The lowest BCUT2D eigenvalue weighted by atomic mass is 10.5. The number of hydrogen-bond donors (Lipinski definition) is 2. The number of nitrogens with one attached hydrogen (secondary N) is 2. The number of carbonyl (C=O) groups is 1. The van der Waals surface area contributed by atoms with Gasteiger partial charge in [0.1, 0.15) is 0 Å². The molecule has 60 valence electrons. The Kier molecular flexibility index (Phi) is 4.49. The Bertz CT molecular complexity index is 194. The average Bonchev–Trinajstić information content (AvgIpc) is 2.01. The van der Waals surface area contributed by atoms with E-state index in [2.05, 4.69) is 4.74 Å². The van der Waals surface area contributed by atoms with Gasteiger partial charge in [-0.15, -0.1) is 0 Å². The molecule has 0 saturated heterocycles. The molecule has 0 aromatic carbocycles. The highest BCUT2D eigenvalue weighted by Crippen LogP contribution is 1.83. The van der Waals surface area contributed by atoms with Gasteiger partial charge in [0, 0.05) is 6.42 Å². The molecule has 0 rings (SSSR count). The molecule has 0 spiro atoms. The molecule has 5 nitrogen and oxygen atoms in total. The van der Waals surface area contributed by atoms with E-state index in [1.165, 1.54) is 6.19 Å². The molecule has 0 aliphatic heterocycles. The van der Waals surface area contributed by atoms with Crippen LogP contribution in [0.3, 0.4) is 0 Å². The van der Waals surface area contributed by atoms with Crippen LogP contribution in [-0.4, -0.2) is 18.4 Å². The minimum atomic E-state index is -0.536. The molecule has 0 atom stereocenters. The zero-order valence-corrected chi connectivity index (χ0v) is 6.18. The third kappa shape index (κ3) is 4.90. The van der Waals surface area contributed by atoms with Crippen molar-refractivity contribution in [2.45, 2.75) is 13.3 Å². The Morgan fingerprint density at radius 1 is 1.82 bits per heavy atom. The molecule has 0 aliphatic carbocycles. The van der Waals surface area contributed by atoms with E-state index in [1.54, 1.807) is 6.92 Å². The topological polar surface area (TPSA) is 86.0 Å². The van der Waals surface area contributed by atoms with Crippen LogP contribution in [0.4, 0.5) is 0 Å². The number of ether oxygens (including phenoxy) is 1. The van der Waals surface area contributed by atoms with Crippen LogP contribution < -0.4 is 5.32 Å². The van der Waals surface area contributed by atoms with E-state index in [-0.39, 0.29) is 12.5 Å². The van der Waals surface area contributed by atoms with Crippen LogP contribution >= 0.6 is 0 Å². The van der Waals surface area contributed by atoms with Crippen molar-refractivity contribution >= 4 is 11.8 Å². The molecule has 0 aromatic heterocycles. The van der Waals surface area contributed by atoms with Gasteiger partial charge >= 0.3 is 0 Å². The van der Waals surface area contributed by atoms with Gasteiger partial charge in [0.15, 0.2) is 18.7 Å². The second-order valence-electron chi connectivity index (χ2n) is 1.73. The molecule has 0 aromatic rings. The number of carbonyl (C=O) groups excluding carboxylic acids is 1. The van der Waals surface area contributed by atoms with Crippen molar-refractivity contribution in [1.29, 1.82) is 10.7 Å². The summed E-state index contributed by atoms with van der Waals surface area (Å²) in [7, 11) is 0. The fourth-order valence-electron chi connectivity index (χ4n) is 0.353. The van der Waals surface area contributed by atoms with Crippen LogP contribution in [0.1, 0.15) is 13.3 Å². The molecule has 0 heterocycles. The van der Waals surface area contributed by atoms with E-state index in [9.17, 15) is 4.79 Å². The summed E-state index contributed by atoms with van der Waals surface area (Å²) < 4.78 is 4.63. The van der Waals surface area contributed by atoms with Crippen molar-refractivity contribution in [3.63, 3.8) is 0 Å². The molecule has 0 aliphatic rings. The first-order valence-electron chi connectivity index (χ1n) is 3.08. The monoisotopic (exact) mass is 155 g/mol. The molecular weight excluding hydrogens is 146 g/mol. The molecule has 0 bridgehead atoms. The fourth-order valence-corrected chi connectivity index (χ4v) is 0.353. The van der Waals surface area contributed by atoms with Crippen LogP contribution in [0.15, 0.2) is 0 Å². The Labute approximate surface area is 64.5 Å². The standard InChI is InChI=1S/C6H9N3O2/c1-2-5(8)11-3-6(10)9-4-7/h8H,2-3H2,1H3,(H,9,10). The van der Waals surface area contributed by atoms with Gasteiger partial charge in [-0.3, -0.25) is 15.5 Å². The maximum atomic E-state index is 10.5. The summed E-state index contributed by atoms with van der Waals surface area (Å²) in [5.74, 6) is -0.496. The zero-order chi connectivity index (χ0) is 8.69. The average molecular weight is 155 g/mol. The number of nitriles is 1. The Morgan fingerprint density at radius 3 is 2.91 bits per heavy atom. The maximum absolute atomic E-state index is 10.5. The smallest absolute Gasteiger partial charge is 0.270 e. The number of hydrogen-bond acceptors (Lipinski definition) is 4. The molecule has 2 N–H and O–H groups in total. The first kappa shape index (κ1) is 9.43. The minimum absolute atomic E-state index is 0.0399. The van der Waals surface area contributed by atoms with Gasteiger partial charge in [-0.25, -0.2) is 0 Å². The number of rotatable bonds is 3. The van der Waals surface area contributed by atoms with Gasteiger partial charge in [-0.05, 0) is 0 Å². The van der Waals surface area contributed by atoms with E-state index in [1.807, 2.05) is 5.32 Å². The number of nitrogens with zero attached hydrogens (tertiary/aromatic N) is 1. The van der Waals surface area contributed by atoms with Crippen LogP contribution in [0.2, 0.25) is 0 Å². The lowest BCUT2D eigenvalue weighted by molar-refractivity contribution is -0.122. The predicted octanol–water partition coefficient (Wildman–Crippen LogP) is -0.0124. The zero-order valence-electron chi connectivity index (χ0n) is 6.18. The lowest BCUT2D eigenvalue weighted by Gasteiger charge is -2.01. The van der Waals surface area contributed by atoms with Crippen molar-refractivity contribution in [1.82, 2.24) is 5.32 Å². The van der Waals surface area contributed by atoms with Gasteiger partial charge in [-0.1, -0.05) is 6.92 Å². The van der Waals surface area contributed by atoms with E-state index in [4.69, 9.17) is 10.7 Å². The third-order valence-corrected chi connectivity index (χ3v) is 0.894. The quantitative estimate of drug-likeness (QED) is 0.260. The largest absolute Gasteiger partial charge is 0.471 e. The predicted molar refractivity (Wildman–Crippen MR) is 37.7 cm³/mol. The van der Waals surface area contributed by atoms with Gasteiger partial charge in [-0.2, -0.15) is 5.26 Å². The minimum Gasteiger partial charge on any atom is -0.471 e. The van der Waals surface area contributed by atoms with Gasteiger partial charge < -0.3 is 4.74 Å². The first-order valence-corrected chi connectivity index (χ1v) is 3.08. The van der Waals surface area contributed by atoms with Crippen molar-refractivity contribution < 1.29 is 9.53 Å². The molecule has 0 radical (unpaired) electrons. The summed E-state index contributed by atoms with van der Waals surface area (Å²) >= 11 is 0. The Balaban J connectivity index is 3.47. The summed E-state index contributed by atoms with van der Waals surface area (Å²) in [6.45, 7) is 1.48. The summed E-state index contributed by atoms with van der Waals surface area (Å²) in [5.41, 5.74) is 0. The molecular formula is C6H9N3O2. The lowest BCUT2D eigenvalue weighted by Crippen LogP contribution is -2.24. The van der Waals surface area contributed by atoms with Crippen LogP contribution in [0.25, 0.3) is 0 Å². The van der Waals surface area contributed by atoms with Crippen LogP contribution in [-0.2, 0) is 9.53 Å². The second-order valence-corrected chi connectivity index (χ2v) is 1.73. The summed E-state index contributed by atoms with van der Waals surface area (Å²) in [5, 5.41) is 16.8. The first-order chi connectivity index (χ1) is 5.20. The van der Waals surface area contributed by atoms with Crippen molar-refractivity contribution in [2.75, 3.05) is 6.61 Å². The van der Waals surface area contributed by atoms with E-state index < -0.39 is 5.91 Å². The third-order valence-electron chi connectivity index (χ3n) is 0.894. The van der Waals surface area contributed by atoms with Gasteiger partial charge in [0.2, 0.25) is 0 Å². The fraction of sp³-hybridized carbons (Fsp3) is 0.500. The molecule has 11 heavy (non-hydrogen) atoms. The summed E-state index contributed by atoms with van der Waals surface area (Å²) in [6, 6.07) is 0. The maximum Gasteiger partial charge on any atom is 0.270 e. The number of amides is 1. The summed E-state index contributed by atoms with van der Waals surface area (Å²) in [6.07, 6.45) is 1.90. The van der Waals surface area contributed by atoms with Crippen LogP contribution in [0.5, 0.6) is 0 Å². The molecule has 0 unspecified atom stereocenters. The van der Waals surface area contributed by atoms with E-state index >= 15 is 0 Å². The SMILES string of the molecule is CCC(=N)OCC(=O)NC#N. The molecule has 0 fully saturated rings. The van der Waals surface area contributed by atoms with Crippen molar-refractivity contribution in [3.05, 3.63) is 0 Å². The van der Waals surface area contributed by atoms with Gasteiger partial charge in [0.05, 0.1) is 0 Å². The van der Waals surface area contributed by atoms with Crippen molar-refractivity contribution in [2.24, 2.45) is 0 Å².